The molecule has 1 aliphatic rings. The van der Waals surface area contributed by atoms with E-state index in [0.717, 1.165) is 0 Å². The Morgan fingerprint density at radius 3 is 1.96 bits per heavy atom. The first kappa shape index (κ1) is 21.0. The molecule has 1 nitrogen and oxygen atoms in total. The summed E-state index contributed by atoms with van der Waals surface area (Å²) in [5, 5.41) is 2.37. The average Bonchev–Trinajstić information content (AvgIpc) is 3.24. The lowest BCUT2D eigenvalue weighted by Crippen LogP contribution is -2.66. The number of halogens is 3. The van der Waals surface area contributed by atoms with Gasteiger partial charge < -0.3 is 4.43 Å². The maximum absolute atomic E-state index is 14.9. The molecule has 0 saturated heterocycles. The molecule has 27 heavy (non-hydrogen) atoms. The zero-order valence-electron chi connectivity index (χ0n) is 15.9. The SMILES string of the molecule is CC(C)(C)[Si](OC[C@H]1C[C@]1(F)C=C(Br)Br)(c1ccccc1)c1ccccc1. The van der Waals surface area contributed by atoms with Crippen molar-refractivity contribution in [2.45, 2.75) is 37.9 Å². The fraction of sp³-hybridized carbons (Fsp3) is 0.364. The Morgan fingerprint density at radius 2 is 1.56 bits per heavy atom. The lowest BCUT2D eigenvalue weighted by atomic mass is 10.2. The molecule has 1 aliphatic carbocycles. The van der Waals surface area contributed by atoms with Gasteiger partial charge in [-0.2, -0.15) is 0 Å². The van der Waals surface area contributed by atoms with Gasteiger partial charge in [0.1, 0.15) is 5.67 Å². The van der Waals surface area contributed by atoms with E-state index in [-0.39, 0.29) is 11.0 Å². The van der Waals surface area contributed by atoms with Gasteiger partial charge in [-0.15, -0.1) is 0 Å². The van der Waals surface area contributed by atoms with Gasteiger partial charge in [0.05, 0.1) is 3.39 Å². The van der Waals surface area contributed by atoms with Gasteiger partial charge in [0, 0.05) is 12.5 Å². The summed E-state index contributed by atoms with van der Waals surface area (Å²) in [6.45, 7) is 7.14. The third-order valence-electron chi connectivity index (χ3n) is 5.34. The highest BCUT2D eigenvalue weighted by Gasteiger charge is 2.57. The number of benzene rings is 2. The summed E-state index contributed by atoms with van der Waals surface area (Å²) >= 11 is 6.56. The fourth-order valence-electron chi connectivity index (χ4n) is 3.86. The second-order valence-corrected chi connectivity index (χ2v) is 15.3. The number of alkyl halides is 1. The maximum Gasteiger partial charge on any atom is 0.261 e. The Labute approximate surface area is 179 Å². The molecule has 0 heterocycles. The van der Waals surface area contributed by atoms with Crippen LogP contribution in [0.25, 0.3) is 0 Å². The van der Waals surface area contributed by atoms with Gasteiger partial charge in [-0.05, 0) is 59.8 Å². The van der Waals surface area contributed by atoms with Crippen LogP contribution in [0.1, 0.15) is 27.2 Å². The molecule has 0 radical (unpaired) electrons. The van der Waals surface area contributed by atoms with Crippen molar-refractivity contribution in [3.8, 4) is 0 Å². The zero-order valence-corrected chi connectivity index (χ0v) is 20.1. The number of hydrogen-bond donors (Lipinski definition) is 0. The molecule has 0 amide bonds. The second-order valence-electron chi connectivity index (χ2n) is 8.24. The maximum atomic E-state index is 14.9. The van der Waals surface area contributed by atoms with Crippen LogP contribution in [-0.4, -0.2) is 20.6 Å². The van der Waals surface area contributed by atoms with Crippen molar-refractivity contribution < 1.29 is 8.82 Å². The molecular formula is C22H25Br2FOSi. The summed E-state index contributed by atoms with van der Waals surface area (Å²) in [7, 11) is -2.59. The standard InChI is InChI=1S/C22H25Br2FOSi/c1-21(2,3)27(18-10-6-4-7-11-18,19-12-8-5-9-13-19)26-16-17-14-22(17,25)15-20(23)24/h4-13,15,17H,14,16H2,1-3H3/t17-,22+/m1/s1. The van der Waals surface area contributed by atoms with Gasteiger partial charge in [0.2, 0.25) is 0 Å². The summed E-state index contributed by atoms with van der Waals surface area (Å²) in [5.41, 5.74) is -1.28. The van der Waals surface area contributed by atoms with Gasteiger partial charge in [0.25, 0.3) is 8.32 Å². The molecule has 0 spiro atoms. The van der Waals surface area contributed by atoms with Gasteiger partial charge >= 0.3 is 0 Å². The van der Waals surface area contributed by atoms with E-state index in [1.54, 1.807) is 6.08 Å². The van der Waals surface area contributed by atoms with Gasteiger partial charge in [-0.25, -0.2) is 4.39 Å². The molecule has 2 aromatic rings. The minimum atomic E-state index is -2.59. The van der Waals surface area contributed by atoms with Crippen molar-refractivity contribution in [2.24, 2.45) is 5.92 Å². The summed E-state index contributed by atoms with van der Waals surface area (Å²) in [6, 6.07) is 21.0. The van der Waals surface area contributed by atoms with Gasteiger partial charge in [0.15, 0.2) is 0 Å². The predicted octanol–water partition coefficient (Wildman–Crippen LogP) is 5.92. The van der Waals surface area contributed by atoms with Crippen LogP contribution in [0.4, 0.5) is 4.39 Å². The number of hydrogen-bond acceptors (Lipinski definition) is 1. The van der Waals surface area contributed by atoms with Gasteiger partial charge in [-0.1, -0.05) is 81.4 Å². The highest BCUT2D eigenvalue weighted by atomic mass is 79.9. The zero-order chi connectivity index (χ0) is 19.7. The van der Waals surface area contributed by atoms with Crippen molar-refractivity contribution in [2.75, 3.05) is 6.61 Å². The average molecular weight is 512 g/mol. The van der Waals surface area contributed by atoms with E-state index in [2.05, 4.69) is 101 Å². The third-order valence-corrected chi connectivity index (χ3v) is 10.8. The third kappa shape index (κ3) is 4.31. The van der Waals surface area contributed by atoms with Crippen molar-refractivity contribution in [3.05, 3.63) is 70.1 Å². The lowest BCUT2D eigenvalue weighted by molar-refractivity contribution is 0.243. The molecule has 1 fully saturated rings. The van der Waals surface area contributed by atoms with Crippen molar-refractivity contribution in [1.29, 1.82) is 0 Å². The molecule has 0 unspecified atom stereocenters. The summed E-state index contributed by atoms with van der Waals surface area (Å²) in [5.74, 6) is -0.107. The Kier molecular flexibility index (Phi) is 6.16. The Hall–Kier alpha value is -0.753. The molecule has 1 saturated carbocycles. The molecule has 2 aromatic carbocycles. The minimum Gasteiger partial charge on any atom is -0.407 e. The largest absolute Gasteiger partial charge is 0.407 e. The van der Waals surface area contributed by atoms with Crippen LogP contribution in [-0.2, 0) is 4.43 Å². The van der Waals surface area contributed by atoms with Crippen LogP contribution in [0.3, 0.4) is 0 Å². The van der Waals surface area contributed by atoms with Crippen LogP contribution in [0.15, 0.2) is 70.1 Å². The molecule has 2 atom stereocenters. The predicted molar refractivity (Wildman–Crippen MR) is 121 cm³/mol. The molecular weight excluding hydrogens is 487 g/mol. The first-order valence-corrected chi connectivity index (χ1v) is 12.7. The van der Waals surface area contributed by atoms with Gasteiger partial charge in [-0.3, -0.25) is 0 Å². The minimum absolute atomic E-state index is 0.0879. The number of allylic oxidation sites excluding steroid dienone is 1. The van der Waals surface area contributed by atoms with Crippen LogP contribution < -0.4 is 10.4 Å². The normalized spacial score (nSPS) is 22.4. The van der Waals surface area contributed by atoms with E-state index in [4.69, 9.17) is 4.43 Å². The summed E-state index contributed by atoms with van der Waals surface area (Å²) < 4.78 is 22.4. The first-order valence-electron chi connectivity index (χ1n) is 9.17. The fourth-order valence-corrected chi connectivity index (χ4v) is 9.23. The van der Waals surface area contributed by atoms with Crippen LogP contribution in [0.5, 0.6) is 0 Å². The van der Waals surface area contributed by atoms with Crippen LogP contribution in [0, 0.1) is 5.92 Å². The van der Waals surface area contributed by atoms with E-state index in [1.807, 2.05) is 12.1 Å². The van der Waals surface area contributed by atoms with E-state index in [1.165, 1.54) is 10.4 Å². The molecule has 0 aliphatic heterocycles. The topological polar surface area (TPSA) is 9.23 Å². The molecule has 144 valence electrons. The highest BCUT2D eigenvalue weighted by Crippen LogP contribution is 2.51. The smallest absolute Gasteiger partial charge is 0.261 e. The van der Waals surface area contributed by atoms with E-state index in [0.29, 0.717) is 16.4 Å². The summed E-state index contributed by atoms with van der Waals surface area (Å²) in [6.07, 6.45) is 2.11. The molecule has 5 heteroatoms. The van der Waals surface area contributed by atoms with E-state index >= 15 is 0 Å². The first-order chi connectivity index (χ1) is 12.7. The quantitative estimate of drug-likeness (QED) is 0.437. The second kappa shape index (κ2) is 7.94. The molecule has 0 aromatic heterocycles. The lowest BCUT2D eigenvalue weighted by Gasteiger charge is -2.43. The highest BCUT2D eigenvalue weighted by molar-refractivity contribution is 9.28. The molecule has 3 rings (SSSR count). The van der Waals surface area contributed by atoms with Crippen LogP contribution in [0.2, 0.25) is 5.04 Å². The van der Waals surface area contributed by atoms with Crippen molar-refractivity contribution in [3.63, 3.8) is 0 Å². The Bertz CT molecular complexity index is 761. The monoisotopic (exact) mass is 510 g/mol. The van der Waals surface area contributed by atoms with E-state index in [9.17, 15) is 4.39 Å². The summed E-state index contributed by atoms with van der Waals surface area (Å²) in [4.78, 5) is 0. The molecule has 0 bridgehead atoms. The Balaban J connectivity index is 1.99. The van der Waals surface area contributed by atoms with Crippen LogP contribution >= 0.6 is 31.9 Å². The van der Waals surface area contributed by atoms with Crippen molar-refractivity contribution in [1.82, 2.24) is 0 Å². The van der Waals surface area contributed by atoms with Crippen molar-refractivity contribution >= 4 is 50.6 Å². The van der Waals surface area contributed by atoms with E-state index < -0.39 is 14.0 Å². The Morgan fingerprint density at radius 1 is 1.07 bits per heavy atom. The number of rotatable bonds is 6. The molecule has 0 N–H and O–H groups in total.